The van der Waals surface area contributed by atoms with Gasteiger partial charge in [0.25, 0.3) is 5.91 Å². The summed E-state index contributed by atoms with van der Waals surface area (Å²) in [5.74, 6) is -0.0574. The standard InChI is InChI=1S/C17H13F4NOS/c18-14-3-1-2-12(10-14)16-22(8-9-24-16)15(23)11-4-6-13(7-5-11)17(19,20)21/h1-7,10,16H,8-9H2. The number of carbonyl (C=O) groups excluding carboxylic acids is 1. The molecule has 1 unspecified atom stereocenters. The Balaban J connectivity index is 1.83. The third-order valence-electron chi connectivity index (χ3n) is 3.74. The molecule has 1 aliphatic rings. The second-order valence-electron chi connectivity index (χ2n) is 5.35. The lowest BCUT2D eigenvalue weighted by molar-refractivity contribution is -0.137. The zero-order valence-corrected chi connectivity index (χ0v) is 13.2. The van der Waals surface area contributed by atoms with E-state index >= 15 is 0 Å². The molecule has 1 saturated heterocycles. The maximum atomic E-state index is 13.4. The second-order valence-corrected chi connectivity index (χ2v) is 6.54. The lowest BCUT2D eigenvalue weighted by atomic mass is 10.1. The number of benzene rings is 2. The van der Waals surface area contributed by atoms with Crippen molar-refractivity contribution in [2.75, 3.05) is 12.3 Å². The molecule has 1 heterocycles. The maximum absolute atomic E-state index is 13.4. The number of halogens is 4. The molecule has 2 nitrogen and oxygen atoms in total. The van der Waals surface area contributed by atoms with Crippen molar-refractivity contribution >= 4 is 17.7 Å². The van der Waals surface area contributed by atoms with Gasteiger partial charge >= 0.3 is 6.18 Å². The van der Waals surface area contributed by atoms with E-state index in [1.165, 1.54) is 36.0 Å². The van der Waals surface area contributed by atoms with Crippen LogP contribution >= 0.6 is 11.8 Å². The molecule has 1 fully saturated rings. The predicted molar refractivity (Wildman–Crippen MR) is 84.1 cm³/mol. The molecule has 2 aromatic carbocycles. The third-order valence-corrected chi connectivity index (χ3v) is 5.01. The Kier molecular flexibility index (Phi) is 4.54. The van der Waals surface area contributed by atoms with Crippen LogP contribution in [0.1, 0.15) is 26.9 Å². The van der Waals surface area contributed by atoms with Gasteiger partial charge in [-0.3, -0.25) is 4.79 Å². The van der Waals surface area contributed by atoms with Gasteiger partial charge in [-0.15, -0.1) is 11.8 Å². The zero-order valence-electron chi connectivity index (χ0n) is 12.4. The molecule has 7 heteroatoms. The van der Waals surface area contributed by atoms with Crippen LogP contribution in [0.3, 0.4) is 0 Å². The normalized spacial score (nSPS) is 18.0. The van der Waals surface area contributed by atoms with Gasteiger partial charge in [0, 0.05) is 17.9 Å². The number of alkyl halides is 3. The Morgan fingerprint density at radius 1 is 1.12 bits per heavy atom. The molecule has 126 valence electrons. The number of hydrogen-bond acceptors (Lipinski definition) is 2. The Bertz CT molecular complexity index is 745. The van der Waals surface area contributed by atoms with Crippen LogP contribution in [0.25, 0.3) is 0 Å². The van der Waals surface area contributed by atoms with Crippen LogP contribution in [-0.2, 0) is 6.18 Å². The first kappa shape index (κ1) is 16.8. The molecule has 1 aliphatic heterocycles. The summed E-state index contributed by atoms with van der Waals surface area (Å²) in [7, 11) is 0. The summed E-state index contributed by atoms with van der Waals surface area (Å²) in [6.45, 7) is 0.464. The third kappa shape index (κ3) is 3.40. The van der Waals surface area contributed by atoms with Gasteiger partial charge in [-0.1, -0.05) is 12.1 Å². The number of rotatable bonds is 2. The Labute approximate surface area is 140 Å². The summed E-state index contributed by atoms with van der Waals surface area (Å²) >= 11 is 1.50. The van der Waals surface area contributed by atoms with Crippen molar-refractivity contribution in [3.63, 3.8) is 0 Å². The van der Waals surface area contributed by atoms with Gasteiger partial charge in [-0.2, -0.15) is 13.2 Å². The summed E-state index contributed by atoms with van der Waals surface area (Å²) in [5, 5.41) is -0.338. The van der Waals surface area contributed by atoms with Crippen LogP contribution < -0.4 is 0 Å². The fourth-order valence-corrected chi connectivity index (χ4v) is 3.83. The first-order chi connectivity index (χ1) is 11.4. The Morgan fingerprint density at radius 3 is 2.46 bits per heavy atom. The van der Waals surface area contributed by atoms with E-state index in [1.807, 2.05) is 0 Å². The highest BCUT2D eigenvalue weighted by atomic mass is 32.2. The first-order valence-electron chi connectivity index (χ1n) is 7.21. The molecule has 24 heavy (non-hydrogen) atoms. The summed E-state index contributed by atoms with van der Waals surface area (Å²) in [5.41, 5.74) is 0.0567. The van der Waals surface area contributed by atoms with Gasteiger partial charge in [-0.05, 0) is 42.0 Å². The van der Waals surface area contributed by atoms with E-state index < -0.39 is 11.7 Å². The molecule has 0 aromatic heterocycles. The second kappa shape index (κ2) is 6.47. The summed E-state index contributed by atoms with van der Waals surface area (Å²) in [6, 6.07) is 10.2. The molecule has 1 amide bonds. The van der Waals surface area contributed by atoms with Gasteiger partial charge in [0.1, 0.15) is 11.2 Å². The monoisotopic (exact) mass is 355 g/mol. The molecule has 3 rings (SSSR count). The van der Waals surface area contributed by atoms with E-state index in [4.69, 9.17) is 0 Å². The molecule has 0 radical (unpaired) electrons. The van der Waals surface area contributed by atoms with Crippen LogP contribution in [0.5, 0.6) is 0 Å². The number of amides is 1. The van der Waals surface area contributed by atoms with Crippen molar-refractivity contribution in [2.45, 2.75) is 11.6 Å². The van der Waals surface area contributed by atoms with Crippen molar-refractivity contribution in [2.24, 2.45) is 0 Å². The van der Waals surface area contributed by atoms with Crippen molar-refractivity contribution < 1.29 is 22.4 Å². The lowest BCUT2D eigenvalue weighted by Gasteiger charge is -2.24. The van der Waals surface area contributed by atoms with E-state index in [0.29, 0.717) is 17.9 Å². The molecule has 2 aromatic rings. The number of thioether (sulfide) groups is 1. The smallest absolute Gasteiger partial charge is 0.322 e. The maximum Gasteiger partial charge on any atom is 0.416 e. The zero-order chi connectivity index (χ0) is 17.3. The van der Waals surface area contributed by atoms with Crippen molar-refractivity contribution in [3.8, 4) is 0 Å². The molecule has 0 aliphatic carbocycles. The minimum Gasteiger partial charge on any atom is -0.322 e. The molecule has 0 saturated carbocycles. The SMILES string of the molecule is O=C(c1ccc(C(F)(F)F)cc1)N1CCSC1c1cccc(F)c1. The van der Waals surface area contributed by atoms with Crippen molar-refractivity contribution in [3.05, 3.63) is 71.0 Å². The molecule has 0 N–H and O–H groups in total. The van der Waals surface area contributed by atoms with Crippen LogP contribution in [0, 0.1) is 5.82 Å². The minimum atomic E-state index is -4.44. The van der Waals surface area contributed by atoms with E-state index in [2.05, 4.69) is 0 Å². The van der Waals surface area contributed by atoms with Crippen LogP contribution in [-0.4, -0.2) is 23.1 Å². The van der Waals surface area contributed by atoms with Crippen molar-refractivity contribution in [1.29, 1.82) is 0 Å². The van der Waals surface area contributed by atoms with E-state index in [-0.39, 0.29) is 22.7 Å². The quantitative estimate of drug-likeness (QED) is 0.726. The molecular weight excluding hydrogens is 342 g/mol. The highest BCUT2D eigenvalue weighted by Gasteiger charge is 2.33. The highest BCUT2D eigenvalue weighted by Crippen LogP contribution is 2.39. The largest absolute Gasteiger partial charge is 0.416 e. The van der Waals surface area contributed by atoms with E-state index in [0.717, 1.165) is 12.1 Å². The van der Waals surface area contributed by atoms with Gasteiger partial charge in [0.15, 0.2) is 0 Å². The lowest BCUT2D eigenvalue weighted by Crippen LogP contribution is -2.30. The van der Waals surface area contributed by atoms with Gasteiger partial charge < -0.3 is 4.90 Å². The number of nitrogens with zero attached hydrogens (tertiary/aromatic N) is 1. The van der Waals surface area contributed by atoms with Crippen molar-refractivity contribution in [1.82, 2.24) is 4.90 Å². The van der Waals surface area contributed by atoms with Crippen LogP contribution in [0.15, 0.2) is 48.5 Å². The Hall–Kier alpha value is -2.02. The number of carbonyl (C=O) groups is 1. The topological polar surface area (TPSA) is 20.3 Å². The average molecular weight is 355 g/mol. The molecule has 1 atom stereocenters. The summed E-state index contributed by atoms with van der Waals surface area (Å²) in [4.78, 5) is 14.2. The highest BCUT2D eigenvalue weighted by molar-refractivity contribution is 7.99. The number of hydrogen-bond donors (Lipinski definition) is 0. The van der Waals surface area contributed by atoms with E-state index in [9.17, 15) is 22.4 Å². The van der Waals surface area contributed by atoms with Crippen LogP contribution in [0.2, 0.25) is 0 Å². The minimum absolute atomic E-state index is 0.187. The molecule has 0 bridgehead atoms. The summed E-state index contributed by atoms with van der Waals surface area (Å²) < 4.78 is 51.2. The Morgan fingerprint density at radius 2 is 1.83 bits per heavy atom. The van der Waals surface area contributed by atoms with Gasteiger partial charge in [0.2, 0.25) is 0 Å². The first-order valence-corrected chi connectivity index (χ1v) is 8.26. The van der Waals surface area contributed by atoms with Gasteiger partial charge in [0.05, 0.1) is 5.56 Å². The van der Waals surface area contributed by atoms with Gasteiger partial charge in [-0.25, -0.2) is 4.39 Å². The summed E-state index contributed by atoms with van der Waals surface area (Å²) in [6.07, 6.45) is -4.44. The molecular formula is C17H13F4NOS. The fourth-order valence-electron chi connectivity index (χ4n) is 2.58. The predicted octanol–water partition coefficient (Wildman–Crippen LogP) is 4.73. The fraction of sp³-hybridized carbons (Fsp3) is 0.235. The van der Waals surface area contributed by atoms with E-state index in [1.54, 1.807) is 17.0 Å². The average Bonchev–Trinajstić information content (AvgIpc) is 3.03. The van der Waals surface area contributed by atoms with Crippen LogP contribution in [0.4, 0.5) is 17.6 Å². The molecule has 0 spiro atoms.